The Kier molecular flexibility index (Phi) is 5.60. The fourth-order valence-electron chi connectivity index (χ4n) is 2.42. The van der Waals surface area contributed by atoms with Crippen LogP contribution in [0.3, 0.4) is 0 Å². The maximum atomic E-state index is 11.7. The Morgan fingerprint density at radius 3 is 3.00 bits per heavy atom. The van der Waals surface area contributed by atoms with Crippen LogP contribution in [-0.4, -0.2) is 31.3 Å². The van der Waals surface area contributed by atoms with E-state index in [9.17, 15) is 4.79 Å². The second-order valence-electron chi connectivity index (χ2n) is 5.17. The first-order valence-electron chi connectivity index (χ1n) is 7.41. The molecule has 1 aliphatic rings. The van der Waals surface area contributed by atoms with E-state index in [0.29, 0.717) is 12.2 Å². The van der Waals surface area contributed by atoms with Crippen molar-refractivity contribution in [3.63, 3.8) is 0 Å². The van der Waals surface area contributed by atoms with Gasteiger partial charge in [0.1, 0.15) is 5.75 Å². The second-order valence-corrected chi connectivity index (χ2v) is 5.17. The predicted molar refractivity (Wildman–Crippen MR) is 86.6 cm³/mol. The molecule has 1 aromatic carbocycles. The highest BCUT2D eigenvalue weighted by Crippen LogP contribution is 2.22. The Bertz CT molecular complexity index is 546. The molecule has 0 saturated carbocycles. The number of hydrogen-bond donors (Lipinski definition) is 4. The monoisotopic (exact) mass is 305 g/mol. The van der Waals surface area contributed by atoms with Crippen LogP contribution in [0.15, 0.2) is 29.3 Å². The summed E-state index contributed by atoms with van der Waals surface area (Å²) in [6.07, 6.45) is 1.90. The molecule has 0 spiro atoms. The molecule has 2 rings (SSSR count). The molecule has 22 heavy (non-hydrogen) atoms. The SMILES string of the molecule is CCCC1CC(=O)NC(/N=C(\N)Nc2ccccc2OC)N1. The highest BCUT2D eigenvalue weighted by atomic mass is 16.5. The zero-order valence-electron chi connectivity index (χ0n) is 12.9. The number of carbonyl (C=O) groups is 1. The van der Waals surface area contributed by atoms with E-state index >= 15 is 0 Å². The third-order valence-corrected chi connectivity index (χ3v) is 3.40. The molecule has 0 aliphatic carbocycles. The van der Waals surface area contributed by atoms with Gasteiger partial charge in [-0.15, -0.1) is 0 Å². The molecular weight excluding hydrogens is 282 g/mol. The normalized spacial score (nSPS) is 22.1. The van der Waals surface area contributed by atoms with E-state index in [1.165, 1.54) is 0 Å². The number of nitrogens with one attached hydrogen (secondary N) is 3. The van der Waals surface area contributed by atoms with Gasteiger partial charge in [-0.3, -0.25) is 10.1 Å². The maximum absolute atomic E-state index is 11.7. The van der Waals surface area contributed by atoms with Gasteiger partial charge in [0.2, 0.25) is 5.91 Å². The zero-order chi connectivity index (χ0) is 15.9. The van der Waals surface area contributed by atoms with E-state index in [4.69, 9.17) is 10.5 Å². The van der Waals surface area contributed by atoms with Crippen molar-refractivity contribution in [3.8, 4) is 5.75 Å². The lowest BCUT2D eigenvalue weighted by molar-refractivity contribution is -0.124. The second kappa shape index (κ2) is 7.65. The van der Waals surface area contributed by atoms with E-state index < -0.39 is 6.29 Å². The van der Waals surface area contributed by atoms with Crippen molar-refractivity contribution in [3.05, 3.63) is 24.3 Å². The van der Waals surface area contributed by atoms with Crippen LogP contribution in [0, 0.1) is 0 Å². The van der Waals surface area contributed by atoms with Crippen LogP contribution < -0.4 is 26.4 Å². The van der Waals surface area contributed by atoms with Crippen LogP contribution in [0.5, 0.6) is 5.75 Å². The number of aliphatic imine (C=N–C) groups is 1. The molecule has 5 N–H and O–H groups in total. The molecule has 1 heterocycles. The topological polar surface area (TPSA) is 101 Å². The van der Waals surface area contributed by atoms with E-state index in [0.717, 1.165) is 18.5 Å². The summed E-state index contributed by atoms with van der Waals surface area (Å²) < 4.78 is 5.24. The highest BCUT2D eigenvalue weighted by molar-refractivity contribution is 5.94. The van der Waals surface area contributed by atoms with Gasteiger partial charge < -0.3 is 21.1 Å². The number of methoxy groups -OCH3 is 1. The summed E-state index contributed by atoms with van der Waals surface area (Å²) in [5, 5.41) is 9.00. The average Bonchev–Trinajstić information content (AvgIpc) is 2.47. The van der Waals surface area contributed by atoms with Gasteiger partial charge in [0.05, 0.1) is 12.8 Å². The minimum absolute atomic E-state index is 0.0176. The predicted octanol–water partition coefficient (Wildman–Crippen LogP) is 0.984. The molecule has 1 amide bonds. The number of guanidine groups is 1. The number of hydrogen-bond acceptors (Lipinski definition) is 4. The summed E-state index contributed by atoms with van der Waals surface area (Å²) in [4.78, 5) is 16.0. The van der Waals surface area contributed by atoms with Gasteiger partial charge in [0.15, 0.2) is 12.2 Å². The number of nitrogens with zero attached hydrogens (tertiary/aromatic N) is 1. The molecule has 1 aliphatic heterocycles. The Hall–Kier alpha value is -2.28. The molecule has 120 valence electrons. The van der Waals surface area contributed by atoms with Crippen LogP contribution >= 0.6 is 0 Å². The van der Waals surface area contributed by atoms with Gasteiger partial charge in [-0.1, -0.05) is 25.5 Å². The number of nitrogens with two attached hydrogens (primary N) is 1. The van der Waals surface area contributed by atoms with Crippen molar-refractivity contribution >= 4 is 17.6 Å². The van der Waals surface area contributed by atoms with Crippen molar-refractivity contribution in [1.29, 1.82) is 0 Å². The number of para-hydroxylation sites is 2. The lowest BCUT2D eigenvalue weighted by Gasteiger charge is -2.29. The van der Waals surface area contributed by atoms with Gasteiger partial charge in [-0.25, -0.2) is 4.99 Å². The van der Waals surface area contributed by atoms with Crippen LogP contribution in [0.4, 0.5) is 5.69 Å². The lowest BCUT2D eigenvalue weighted by atomic mass is 10.1. The average molecular weight is 305 g/mol. The van der Waals surface area contributed by atoms with Gasteiger partial charge in [0, 0.05) is 12.5 Å². The third-order valence-electron chi connectivity index (χ3n) is 3.40. The third kappa shape index (κ3) is 4.36. The minimum atomic E-state index is -0.514. The quantitative estimate of drug-likeness (QED) is 0.480. The largest absolute Gasteiger partial charge is 0.495 e. The van der Waals surface area contributed by atoms with E-state index in [2.05, 4.69) is 27.9 Å². The highest BCUT2D eigenvalue weighted by Gasteiger charge is 2.24. The molecule has 7 nitrogen and oxygen atoms in total. The smallest absolute Gasteiger partial charge is 0.224 e. The lowest BCUT2D eigenvalue weighted by Crippen LogP contribution is -2.56. The summed E-state index contributed by atoms with van der Waals surface area (Å²) in [5.74, 6) is 0.862. The Labute approximate surface area is 130 Å². The molecule has 7 heteroatoms. The fourth-order valence-corrected chi connectivity index (χ4v) is 2.42. The van der Waals surface area contributed by atoms with E-state index in [1.54, 1.807) is 7.11 Å². The molecule has 0 bridgehead atoms. The molecule has 2 unspecified atom stereocenters. The summed E-state index contributed by atoms with van der Waals surface area (Å²) >= 11 is 0. The van der Waals surface area contributed by atoms with Crippen LogP contribution in [0.1, 0.15) is 26.2 Å². The maximum Gasteiger partial charge on any atom is 0.224 e. The van der Waals surface area contributed by atoms with Gasteiger partial charge in [-0.05, 0) is 18.6 Å². The van der Waals surface area contributed by atoms with Crippen molar-refractivity contribution in [2.75, 3.05) is 12.4 Å². The summed E-state index contributed by atoms with van der Waals surface area (Å²) in [7, 11) is 1.59. The molecule has 1 fully saturated rings. The van der Waals surface area contributed by atoms with Gasteiger partial charge >= 0.3 is 0 Å². The number of rotatable bonds is 5. The van der Waals surface area contributed by atoms with Crippen molar-refractivity contribution in [1.82, 2.24) is 10.6 Å². The van der Waals surface area contributed by atoms with Crippen LogP contribution in [-0.2, 0) is 4.79 Å². The number of carbonyl (C=O) groups excluding carboxylic acids is 1. The summed E-state index contributed by atoms with van der Waals surface area (Å²) in [6, 6.07) is 7.54. The van der Waals surface area contributed by atoms with Crippen molar-refractivity contribution in [2.24, 2.45) is 10.7 Å². The number of amides is 1. The standard InChI is InChI=1S/C15H23N5O2/c1-3-6-10-9-13(21)19-15(17-10)20-14(16)18-11-7-4-5-8-12(11)22-2/h4-5,7-8,10,15,17H,3,6,9H2,1-2H3,(H,19,21)(H3,16,18,20). The molecule has 0 radical (unpaired) electrons. The molecule has 2 atom stereocenters. The zero-order valence-corrected chi connectivity index (χ0v) is 12.9. The van der Waals surface area contributed by atoms with Crippen molar-refractivity contribution in [2.45, 2.75) is 38.5 Å². The van der Waals surface area contributed by atoms with E-state index in [-0.39, 0.29) is 17.9 Å². The Morgan fingerprint density at radius 1 is 1.50 bits per heavy atom. The number of anilines is 1. The van der Waals surface area contributed by atoms with Gasteiger partial charge in [0.25, 0.3) is 0 Å². The molecule has 1 saturated heterocycles. The summed E-state index contributed by atoms with van der Waals surface area (Å²) in [6.45, 7) is 2.09. The number of ether oxygens (including phenoxy) is 1. The minimum Gasteiger partial charge on any atom is -0.495 e. The van der Waals surface area contributed by atoms with Crippen LogP contribution in [0.2, 0.25) is 0 Å². The Balaban J connectivity index is 2.03. The fraction of sp³-hybridized carbons (Fsp3) is 0.467. The van der Waals surface area contributed by atoms with Crippen molar-refractivity contribution < 1.29 is 9.53 Å². The first kappa shape index (κ1) is 16.1. The molecule has 1 aromatic rings. The first-order valence-corrected chi connectivity index (χ1v) is 7.41. The molecule has 0 aromatic heterocycles. The summed E-state index contributed by atoms with van der Waals surface area (Å²) in [5.41, 5.74) is 6.64. The molecular formula is C15H23N5O2. The van der Waals surface area contributed by atoms with E-state index in [1.807, 2.05) is 24.3 Å². The first-order chi connectivity index (χ1) is 10.6. The Morgan fingerprint density at radius 2 is 2.27 bits per heavy atom. The van der Waals surface area contributed by atoms with Gasteiger partial charge in [-0.2, -0.15) is 0 Å². The number of benzene rings is 1. The van der Waals surface area contributed by atoms with Crippen LogP contribution in [0.25, 0.3) is 0 Å².